The molecule has 5 heteroatoms. The standard InChI is InChI=1S/C17H20N2O2S/c1-13-11-18-7-8-19(13)17(20)14-4-2-5-15(10-14)21-12-16-6-3-9-22-16/h2-6,9-10,13,18H,7-8,11-12H2,1H3. The number of carbonyl (C=O) groups is 1. The van der Waals surface area contributed by atoms with Gasteiger partial charge >= 0.3 is 0 Å². The van der Waals surface area contributed by atoms with Crippen molar-refractivity contribution in [3.05, 3.63) is 52.2 Å². The van der Waals surface area contributed by atoms with Crippen LogP contribution in [0.3, 0.4) is 0 Å². The van der Waals surface area contributed by atoms with Gasteiger partial charge in [-0.1, -0.05) is 12.1 Å². The second-order valence-electron chi connectivity index (χ2n) is 5.45. The molecule has 1 unspecified atom stereocenters. The zero-order valence-corrected chi connectivity index (χ0v) is 13.4. The second kappa shape index (κ2) is 6.94. The van der Waals surface area contributed by atoms with Gasteiger partial charge in [0.1, 0.15) is 12.4 Å². The summed E-state index contributed by atoms with van der Waals surface area (Å²) in [7, 11) is 0. The number of thiophene rings is 1. The van der Waals surface area contributed by atoms with Gasteiger partial charge in [0.25, 0.3) is 5.91 Å². The van der Waals surface area contributed by atoms with Crippen LogP contribution in [0, 0.1) is 0 Å². The quantitative estimate of drug-likeness (QED) is 0.943. The molecule has 1 aromatic heterocycles. The smallest absolute Gasteiger partial charge is 0.254 e. The number of piperazine rings is 1. The van der Waals surface area contributed by atoms with E-state index in [0.29, 0.717) is 12.2 Å². The third-order valence-corrected chi connectivity index (χ3v) is 4.65. The van der Waals surface area contributed by atoms with Gasteiger partial charge in [0.2, 0.25) is 0 Å². The van der Waals surface area contributed by atoms with Crippen LogP contribution in [0.15, 0.2) is 41.8 Å². The Labute approximate surface area is 134 Å². The lowest BCUT2D eigenvalue weighted by molar-refractivity contribution is 0.0655. The van der Waals surface area contributed by atoms with Crippen LogP contribution in [0.5, 0.6) is 5.75 Å². The molecule has 1 N–H and O–H groups in total. The number of hydrogen-bond donors (Lipinski definition) is 1. The molecule has 1 fully saturated rings. The normalized spacial score (nSPS) is 18.2. The average Bonchev–Trinajstić information content (AvgIpc) is 3.06. The van der Waals surface area contributed by atoms with Crippen LogP contribution in [-0.2, 0) is 6.61 Å². The highest BCUT2D eigenvalue weighted by atomic mass is 32.1. The number of rotatable bonds is 4. The third kappa shape index (κ3) is 3.48. The molecule has 1 amide bonds. The SMILES string of the molecule is CC1CNCCN1C(=O)c1cccc(OCc2cccs2)c1. The van der Waals surface area contributed by atoms with Crippen molar-refractivity contribution in [3.8, 4) is 5.75 Å². The Hall–Kier alpha value is -1.85. The first-order chi connectivity index (χ1) is 10.7. The van der Waals surface area contributed by atoms with E-state index in [0.717, 1.165) is 25.4 Å². The first kappa shape index (κ1) is 15.1. The molecule has 3 rings (SSSR count). The van der Waals surface area contributed by atoms with Crippen LogP contribution in [0.2, 0.25) is 0 Å². The maximum absolute atomic E-state index is 12.6. The topological polar surface area (TPSA) is 41.6 Å². The monoisotopic (exact) mass is 316 g/mol. The Morgan fingerprint density at radius 3 is 3.09 bits per heavy atom. The molecule has 22 heavy (non-hydrogen) atoms. The summed E-state index contributed by atoms with van der Waals surface area (Å²) in [6, 6.07) is 11.7. The summed E-state index contributed by atoms with van der Waals surface area (Å²) < 4.78 is 5.78. The van der Waals surface area contributed by atoms with Crippen molar-refractivity contribution in [2.45, 2.75) is 19.6 Å². The number of nitrogens with one attached hydrogen (secondary N) is 1. The van der Waals surface area contributed by atoms with Gasteiger partial charge in [0, 0.05) is 36.1 Å². The molecule has 2 heterocycles. The van der Waals surface area contributed by atoms with Crippen LogP contribution in [0.1, 0.15) is 22.2 Å². The number of carbonyl (C=O) groups excluding carboxylic acids is 1. The molecule has 0 saturated carbocycles. The Balaban J connectivity index is 1.68. The number of ether oxygens (including phenoxy) is 1. The van der Waals surface area contributed by atoms with Crippen molar-refractivity contribution >= 4 is 17.2 Å². The predicted octanol–water partition coefficient (Wildman–Crippen LogP) is 2.76. The van der Waals surface area contributed by atoms with Gasteiger partial charge in [-0.25, -0.2) is 0 Å². The van der Waals surface area contributed by atoms with Gasteiger partial charge in [0.15, 0.2) is 0 Å². The van der Waals surface area contributed by atoms with Gasteiger partial charge in [-0.3, -0.25) is 4.79 Å². The number of amides is 1. The van der Waals surface area contributed by atoms with Crippen LogP contribution >= 0.6 is 11.3 Å². The lowest BCUT2D eigenvalue weighted by Gasteiger charge is -2.34. The largest absolute Gasteiger partial charge is 0.488 e. The van der Waals surface area contributed by atoms with E-state index in [1.807, 2.05) is 46.7 Å². The predicted molar refractivity (Wildman–Crippen MR) is 88.5 cm³/mol. The molecular weight excluding hydrogens is 296 g/mol. The fourth-order valence-electron chi connectivity index (χ4n) is 2.58. The third-order valence-electron chi connectivity index (χ3n) is 3.80. The van der Waals surface area contributed by atoms with Crippen molar-refractivity contribution in [1.82, 2.24) is 10.2 Å². The van der Waals surface area contributed by atoms with Crippen molar-refractivity contribution < 1.29 is 9.53 Å². The van der Waals surface area contributed by atoms with Crippen LogP contribution in [-0.4, -0.2) is 36.5 Å². The summed E-state index contributed by atoms with van der Waals surface area (Å²) >= 11 is 1.67. The van der Waals surface area contributed by atoms with E-state index in [2.05, 4.69) is 12.2 Å². The van der Waals surface area contributed by atoms with Gasteiger partial charge in [-0.2, -0.15) is 0 Å². The number of benzene rings is 1. The van der Waals surface area contributed by atoms with E-state index in [4.69, 9.17) is 4.74 Å². The molecule has 1 aliphatic rings. The summed E-state index contributed by atoms with van der Waals surface area (Å²) in [4.78, 5) is 15.7. The van der Waals surface area contributed by atoms with Gasteiger partial charge in [0.05, 0.1) is 0 Å². The van der Waals surface area contributed by atoms with Crippen molar-refractivity contribution in [2.24, 2.45) is 0 Å². The molecule has 0 spiro atoms. The first-order valence-electron chi connectivity index (χ1n) is 7.51. The molecule has 2 aromatic rings. The minimum absolute atomic E-state index is 0.0792. The molecule has 0 radical (unpaired) electrons. The molecular formula is C17H20N2O2S. The summed E-state index contributed by atoms with van der Waals surface area (Å²) in [6.45, 7) is 5.06. The van der Waals surface area contributed by atoms with Crippen LogP contribution in [0.25, 0.3) is 0 Å². The zero-order valence-electron chi connectivity index (χ0n) is 12.6. The van der Waals surface area contributed by atoms with Crippen LogP contribution < -0.4 is 10.1 Å². The number of nitrogens with zero attached hydrogens (tertiary/aromatic N) is 1. The second-order valence-corrected chi connectivity index (χ2v) is 6.48. The zero-order chi connectivity index (χ0) is 15.4. The lowest BCUT2D eigenvalue weighted by Crippen LogP contribution is -2.52. The fraction of sp³-hybridized carbons (Fsp3) is 0.353. The Morgan fingerprint density at radius 2 is 2.32 bits per heavy atom. The van der Waals surface area contributed by atoms with Gasteiger partial charge in [-0.15, -0.1) is 11.3 Å². The van der Waals surface area contributed by atoms with E-state index in [9.17, 15) is 4.79 Å². The van der Waals surface area contributed by atoms with E-state index in [1.165, 1.54) is 4.88 Å². The maximum atomic E-state index is 12.6. The molecule has 4 nitrogen and oxygen atoms in total. The minimum atomic E-state index is 0.0792. The van der Waals surface area contributed by atoms with E-state index < -0.39 is 0 Å². The maximum Gasteiger partial charge on any atom is 0.254 e. The van der Waals surface area contributed by atoms with Crippen molar-refractivity contribution in [3.63, 3.8) is 0 Å². The number of hydrogen-bond acceptors (Lipinski definition) is 4. The summed E-state index contributed by atoms with van der Waals surface area (Å²) in [6.07, 6.45) is 0. The lowest BCUT2D eigenvalue weighted by atomic mass is 10.1. The molecule has 1 aliphatic heterocycles. The highest BCUT2D eigenvalue weighted by molar-refractivity contribution is 7.09. The Bertz CT molecular complexity index is 627. The average molecular weight is 316 g/mol. The summed E-state index contributed by atoms with van der Waals surface area (Å²) in [5.74, 6) is 0.817. The van der Waals surface area contributed by atoms with Gasteiger partial charge in [-0.05, 0) is 36.6 Å². The van der Waals surface area contributed by atoms with Crippen LogP contribution in [0.4, 0.5) is 0 Å². The van der Waals surface area contributed by atoms with Crippen molar-refractivity contribution in [1.29, 1.82) is 0 Å². The van der Waals surface area contributed by atoms with Crippen molar-refractivity contribution in [2.75, 3.05) is 19.6 Å². The molecule has 1 aromatic carbocycles. The fourth-order valence-corrected chi connectivity index (χ4v) is 3.19. The molecule has 1 atom stereocenters. The van der Waals surface area contributed by atoms with E-state index in [-0.39, 0.29) is 11.9 Å². The highest BCUT2D eigenvalue weighted by Crippen LogP contribution is 2.19. The molecule has 0 aliphatic carbocycles. The van der Waals surface area contributed by atoms with Gasteiger partial charge < -0.3 is 15.0 Å². The molecule has 116 valence electrons. The Kier molecular flexibility index (Phi) is 4.75. The first-order valence-corrected chi connectivity index (χ1v) is 8.39. The summed E-state index contributed by atoms with van der Waals surface area (Å²) in [5.41, 5.74) is 0.692. The highest BCUT2D eigenvalue weighted by Gasteiger charge is 2.24. The molecule has 0 bridgehead atoms. The van der Waals surface area contributed by atoms with E-state index >= 15 is 0 Å². The molecule has 1 saturated heterocycles. The minimum Gasteiger partial charge on any atom is -0.488 e. The Morgan fingerprint density at radius 1 is 1.41 bits per heavy atom. The summed E-state index contributed by atoms with van der Waals surface area (Å²) in [5, 5.41) is 5.33. The van der Waals surface area contributed by atoms with E-state index in [1.54, 1.807) is 11.3 Å².